The summed E-state index contributed by atoms with van der Waals surface area (Å²) < 4.78 is 1.94. The topological polar surface area (TPSA) is 17.8 Å². The molecule has 0 saturated carbocycles. The predicted molar refractivity (Wildman–Crippen MR) is 88.7 cm³/mol. The monoisotopic (exact) mass is 292 g/mol. The fraction of sp³-hybridized carbons (Fsp3) is 0.0556. The molecule has 1 aromatic heterocycles. The molecule has 3 heteroatoms. The lowest BCUT2D eigenvalue weighted by Crippen LogP contribution is -1.89. The van der Waals surface area contributed by atoms with Crippen molar-refractivity contribution < 1.29 is 0 Å². The number of hydrogen-bond donors (Lipinski definition) is 0. The van der Waals surface area contributed by atoms with Gasteiger partial charge in [-0.05, 0) is 35.0 Å². The van der Waals surface area contributed by atoms with E-state index in [-0.39, 0.29) is 0 Å². The van der Waals surface area contributed by atoms with Gasteiger partial charge in [-0.1, -0.05) is 48.0 Å². The van der Waals surface area contributed by atoms with Gasteiger partial charge in [0, 0.05) is 23.0 Å². The lowest BCUT2D eigenvalue weighted by molar-refractivity contribution is 0.801. The van der Waals surface area contributed by atoms with Crippen molar-refractivity contribution >= 4 is 33.3 Å². The Hall–Kier alpha value is -2.32. The summed E-state index contributed by atoms with van der Waals surface area (Å²) in [6.07, 6.45) is 0. The number of aromatic nitrogens is 2. The first-order valence-electron chi connectivity index (χ1n) is 6.84. The van der Waals surface area contributed by atoms with Crippen LogP contribution in [-0.2, 0) is 7.05 Å². The van der Waals surface area contributed by atoms with E-state index in [4.69, 9.17) is 11.6 Å². The molecule has 0 aliphatic carbocycles. The SMILES string of the molecule is Cn1nc(-c2ccc(Cl)cc2)c2cc3ccccc3cc21. The second-order valence-electron chi connectivity index (χ2n) is 5.20. The van der Waals surface area contributed by atoms with Crippen molar-refractivity contribution in [2.45, 2.75) is 0 Å². The predicted octanol–water partition coefficient (Wildman–Crippen LogP) is 5.05. The van der Waals surface area contributed by atoms with Gasteiger partial charge in [0.15, 0.2) is 0 Å². The molecule has 21 heavy (non-hydrogen) atoms. The van der Waals surface area contributed by atoms with Gasteiger partial charge in [-0.25, -0.2) is 0 Å². The van der Waals surface area contributed by atoms with E-state index in [0.717, 1.165) is 21.8 Å². The molecule has 1 heterocycles. The van der Waals surface area contributed by atoms with Crippen LogP contribution >= 0.6 is 11.6 Å². The highest BCUT2D eigenvalue weighted by Crippen LogP contribution is 2.31. The molecule has 0 aliphatic heterocycles. The molecule has 102 valence electrons. The lowest BCUT2D eigenvalue weighted by Gasteiger charge is -2.01. The minimum absolute atomic E-state index is 0.740. The van der Waals surface area contributed by atoms with E-state index >= 15 is 0 Å². The second kappa shape index (κ2) is 4.61. The van der Waals surface area contributed by atoms with Gasteiger partial charge in [0.1, 0.15) is 5.69 Å². The van der Waals surface area contributed by atoms with Gasteiger partial charge in [0.05, 0.1) is 5.52 Å². The molecule has 0 spiro atoms. The Kier molecular flexibility index (Phi) is 2.72. The van der Waals surface area contributed by atoms with E-state index < -0.39 is 0 Å². The summed E-state index contributed by atoms with van der Waals surface area (Å²) in [6, 6.07) is 20.6. The van der Waals surface area contributed by atoms with E-state index in [2.05, 4.69) is 41.5 Å². The van der Waals surface area contributed by atoms with Gasteiger partial charge in [-0.15, -0.1) is 0 Å². The van der Waals surface area contributed by atoms with Crippen molar-refractivity contribution in [2.24, 2.45) is 7.05 Å². The van der Waals surface area contributed by atoms with Crippen molar-refractivity contribution in [1.29, 1.82) is 0 Å². The number of fused-ring (bicyclic) bond motifs is 2. The van der Waals surface area contributed by atoms with Crippen LogP contribution in [0.25, 0.3) is 32.9 Å². The zero-order valence-corrected chi connectivity index (χ0v) is 12.3. The van der Waals surface area contributed by atoms with E-state index in [1.165, 1.54) is 16.2 Å². The number of halogens is 1. The summed E-state index contributed by atoms with van der Waals surface area (Å²) >= 11 is 5.98. The zero-order chi connectivity index (χ0) is 14.4. The van der Waals surface area contributed by atoms with Gasteiger partial charge < -0.3 is 0 Å². The van der Waals surface area contributed by atoms with Crippen molar-refractivity contribution in [3.63, 3.8) is 0 Å². The van der Waals surface area contributed by atoms with Crippen molar-refractivity contribution in [3.05, 3.63) is 65.7 Å². The van der Waals surface area contributed by atoms with Crippen LogP contribution in [0.3, 0.4) is 0 Å². The Bertz CT molecular complexity index is 952. The zero-order valence-electron chi connectivity index (χ0n) is 11.5. The van der Waals surface area contributed by atoms with Crippen molar-refractivity contribution in [3.8, 4) is 11.3 Å². The summed E-state index contributed by atoms with van der Waals surface area (Å²) in [5, 5.41) is 9.05. The maximum absolute atomic E-state index is 5.98. The second-order valence-corrected chi connectivity index (χ2v) is 5.63. The molecular weight excluding hydrogens is 280 g/mol. The highest BCUT2D eigenvalue weighted by Gasteiger charge is 2.11. The third-order valence-corrected chi connectivity index (χ3v) is 4.09. The average molecular weight is 293 g/mol. The fourth-order valence-electron chi connectivity index (χ4n) is 2.76. The minimum atomic E-state index is 0.740. The quantitative estimate of drug-likeness (QED) is 0.480. The molecule has 0 aliphatic rings. The molecule has 0 N–H and O–H groups in total. The molecule has 0 saturated heterocycles. The summed E-state index contributed by atoms with van der Waals surface area (Å²) in [5.74, 6) is 0. The highest BCUT2D eigenvalue weighted by molar-refractivity contribution is 6.30. The lowest BCUT2D eigenvalue weighted by atomic mass is 10.0. The summed E-state index contributed by atoms with van der Waals surface area (Å²) in [6.45, 7) is 0. The maximum Gasteiger partial charge on any atom is 0.100 e. The van der Waals surface area contributed by atoms with Crippen molar-refractivity contribution in [1.82, 2.24) is 9.78 Å². The first-order valence-corrected chi connectivity index (χ1v) is 7.21. The molecule has 3 aromatic carbocycles. The molecule has 0 bridgehead atoms. The van der Waals surface area contributed by atoms with Crippen LogP contribution in [0.5, 0.6) is 0 Å². The van der Waals surface area contributed by atoms with Crippen LogP contribution in [-0.4, -0.2) is 9.78 Å². The highest BCUT2D eigenvalue weighted by atomic mass is 35.5. The van der Waals surface area contributed by atoms with Crippen LogP contribution in [0.2, 0.25) is 5.02 Å². The van der Waals surface area contributed by atoms with E-state index in [1.807, 2.05) is 36.0 Å². The Morgan fingerprint density at radius 2 is 1.57 bits per heavy atom. The Balaban J connectivity index is 2.05. The molecule has 4 rings (SSSR count). The van der Waals surface area contributed by atoms with Crippen molar-refractivity contribution in [2.75, 3.05) is 0 Å². The molecule has 0 atom stereocenters. The van der Waals surface area contributed by atoms with Crippen LogP contribution in [0, 0.1) is 0 Å². The summed E-state index contributed by atoms with van der Waals surface area (Å²) in [5.41, 5.74) is 3.22. The first kappa shape index (κ1) is 12.4. The molecule has 0 radical (unpaired) electrons. The van der Waals surface area contributed by atoms with Crippen LogP contribution in [0.1, 0.15) is 0 Å². The molecule has 0 unspecified atom stereocenters. The molecule has 0 fully saturated rings. The maximum atomic E-state index is 5.98. The Labute approximate surface area is 127 Å². The third-order valence-electron chi connectivity index (χ3n) is 3.84. The van der Waals surface area contributed by atoms with Crippen LogP contribution in [0.15, 0.2) is 60.7 Å². The normalized spacial score (nSPS) is 11.3. The molecule has 0 amide bonds. The van der Waals surface area contributed by atoms with E-state index in [1.54, 1.807) is 0 Å². The molecular formula is C18H13ClN2. The fourth-order valence-corrected chi connectivity index (χ4v) is 2.89. The average Bonchev–Trinajstić information content (AvgIpc) is 2.83. The van der Waals surface area contributed by atoms with Crippen LogP contribution < -0.4 is 0 Å². The third kappa shape index (κ3) is 1.99. The van der Waals surface area contributed by atoms with Gasteiger partial charge in [0.25, 0.3) is 0 Å². The molecule has 4 aromatic rings. The standard InChI is InChI=1S/C18H13ClN2/c1-21-17-11-14-5-3-2-4-13(14)10-16(17)18(20-21)12-6-8-15(19)9-7-12/h2-11H,1H3. The Morgan fingerprint density at radius 1 is 0.905 bits per heavy atom. The largest absolute Gasteiger partial charge is 0.267 e. The van der Waals surface area contributed by atoms with E-state index in [0.29, 0.717) is 0 Å². The van der Waals surface area contributed by atoms with Crippen LogP contribution in [0.4, 0.5) is 0 Å². The van der Waals surface area contributed by atoms with Gasteiger partial charge in [-0.2, -0.15) is 5.10 Å². The number of benzene rings is 3. The smallest absolute Gasteiger partial charge is 0.100 e. The number of hydrogen-bond acceptors (Lipinski definition) is 1. The van der Waals surface area contributed by atoms with Gasteiger partial charge in [0.2, 0.25) is 0 Å². The van der Waals surface area contributed by atoms with Gasteiger partial charge >= 0.3 is 0 Å². The summed E-state index contributed by atoms with van der Waals surface area (Å²) in [7, 11) is 1.98. The Morgan fingerprint density at radius 3 is 2.29 bits per heavy atom. The number of rotatable bonds is 1. The first-order chi connectivity index (χ1) is 10.2. The van der Waals surface area contributed by atoms with Gasteiger partial charge in [-0.3, -0.25) is 4.68 Å². The summed E-state index contributed by atoms with van der Waals surface area (Å²) in [4.78, 5) is 0. The minimum Gasteiger partial charge on any atom is -0.267 e. The van der Waals surface area contributed by atoms with E-state index in [9.17, 15) is 0 Å². The number of nitrogens with zero attached hydrogens (tertiary/aromatic N) is 2. The molecule has 2 nitrogen and oxygen atoms in total. The number of aryl methyl sites for hydroxylation is 1.